The molecule has 0 saturated heterocycles. The van der Waals surface area contributed by atoms with Gasteiger partial charge in [0.1, 0.15) is 0 Å². The molecule has 1 aromatic heterocycles. The summed E-state index contributed by atoms with van der Waals surface area (Å²) in [6.07, 6.45) is 0.658. The molecule has 2 rings (SSSR count). The lowest BCUT2D eigenvalue weighted by Crippen LogP contribution is -2.23. The number of carbonyl (C=O) groups is 2. The van der Waals surface area contributed by atoms with Gasteiger partial charge in [0.2, 0.25) is 5.91 Å². The minimum absolute atomic E-state index is 0.0625. The Morgan fingerprint density at radius 3 is 2.86 bits per heavy atom. The standard InChI is InChI=1S/C9H8ClNO2S/c1-2-4-7-8(14-9(4)10)5(12)3-6(13)11-7/h2-3H2,1H3,(H,11,13). The Kier molecular flexibility index (Phi) is 2.33. The Balaban J connectivity index is 2.59. The average molecular weight is 230 g/mol. The highest BCUT2D eigenvalue weighted by Crippen LogP contribution is 2.39. The van der Waals surface area contributed by atoms with Crippen molar-refractivity contribution in [2.75, 3.05) is 5.32 Å². The number of carbonyl (C=O) groups excluding carboxylic acids is 2. The van der Waals surface area contributed by atoms with Crippen LogP contribution in [0.3, 0.4) is 0 Å². The zero-order chi connectivity index (χ0) is 10.3. The van der Waals surface area contributed by atoms with Gasteiger partial charge in [0, 0.05) is 5.56 Å². The smallest absolute Gasteiger partial charge is 0.232 e. The predicted octanol–water partition coefficient (Wildman–Crippen LogP) is 2.49. The van der Waals surface area contributed by atoms with Crippen LogP contribution in [0, 0.1) is 0 Å². The summed E-state index contributed by atoms with van der Waals surface area (Å²) in [5.74, 6) is -0.373. The molecule has 3 nitrogen and oxygen atoms in total. The van der Waals surface area contributed by atoms with Crippen molar-refractivity contribution in [3.05, 3.63) is 14.8 Å². The molecule has 0 aliphatic carbocycles. The Morgan fingerprint density at radius 1 is 1.50 bits per heavy atom. The third-order valence-corrected chi connectivity index (χ3v) is 3.67. The van der Waals surface area contributed by atoms with Crippen molar-refractivity contribution in [3.63, 3.8) is 0 Å². The zero-order valence-corrected chi connectivity index (χ0v) is 9.09. The highest BCUT2D eigenvalue weighted by atomic mass is 35.5. The van der Waals surface area contributed by atoms with E-state index in [-0.39, 0.29) is 18.1 Å². The van der Waals surface area contributed by atoms with E-state index >= 15 is 0 Å². The van der Waals surface area contributed by atoms with Gasteiger partial charge in [-0.3, -0.25) is 9.59 Å². The summed E-state index contributed by atoms with van der Waals surface area (Å²) in [6, 6.07) is 0. The Morgan fingerprint density at radius 2 is 2.21 bits per heavy atom. The van der Waals surface area contributed by atoms with Gasteiger partial charge in [0.05, 0.1) is 21.3 Å². The van der Waals surface area contributed by atoms with E-state index in [0.29, 0.717) is 14.9 Å². The van der Waals surface area contributed by atoms with Crippen LogP contribution in [0.1, 0.15) is 28.6 Å². The molecule has 0 unspecified atom stereocenters. The summed E-state index contributed by atoms with van der Waals surface area (Å²) in [5.41, 5.74) is 1.50. The molecule has 1 amide bonds. The Labute approximate surface area is 90.1 Å². The van der Waals surface area contributed by atoms with Gasteiger partial charge in [-0.2, -0.15) is 0 Å². The molecular weight excluding hydrogens is 222 g/mol. The summed E-state index contributed by atoms with van der Waals surface area (Å²) < 4.78 is 0.605. The molecule has 0 atom stereocenters. The monoisotopic (exact) mass is 229 g/mol. The van der Waals surface area contributed by atoms with Gasteiger partial charge in [-0.15, -0.1) is 11.3 Å². The fourth-order valence-corrected chi connectivity index (χ4v) is 2.96. The van der Waals surface area contributed by atoms with Crippen LogP contribution in [-0.2, 0) is 11.2 Å². The second kappa shape index (κ2) is 3.37. The number of hydrogen-bond donors (Lipinski definition) is 1. The van der Waals surface area contributed by atoms with Gasteiger partial charge in [-0.1, -0.05) is 18.5 Å². The summed E-state index contributed by atoms with van der Waals surface area (Å²) >= 11 is 7.22. The Bertz CT molecular complexity index is 425. The zero-order valence-electron chi connectivity index (χ0n) is 7.52. The first-order chi connectivity index (χ1) is 6.63. The van der Waals surface area contributed by atoms with E-state index in [0.717, 1.165) is 12.0 Å². The number of anilines is 1. The van der Waals surface area contributed by atoms with Crippen molar-refractivity contribution < 1.29 is 9.59 Å². The number of fused-ring (bicyclic) bond motifs is 1. The minimum Gasteiger partial charge on any atom is -0.324 e. The second-order valence-electron chi connectivity index (χ2n) is 3.06. The van der Waals surface area contributed by atoms with Gasteiger partial charge in [0.15, 0.2) is 5.78 Å². The maximum atomic E-state index is 11.5. The van der Waals surface area contributed by atoms with E-state index in [9.17, 15) is 9.59 Å². The molecule has 0 spiro atoms. The number of ketones is 1. The number of rotatable bonds is 1. The predicted molar refractivity (Wildman–Crippen MR) is 56.3 cm³/mol. The highest BCUT2D eigenvalue weighted by molar-refractivity contribution is 7.19. The Hall–Kier alpha value is -0.870. The van der Waals surface area contributed by atoms with Crippen molar-refractivity contribution in [1.82, 2.24) is 0 Å². The van der Waals surface area contributed by atoms with Crippen molar-refractivity contribution in [2.24, 2.45) is 0 Å². The second-order valence-corrected chi connectivity index (χ2v) is 4.68. The number of halogens is 1. The third-order valence-electron chi connectivity index (χ3n) is 2.15. The van der Waals surface area contributed by atoms with Crippen molar-refractivity contribution >= 4 is 40.3 Å². The molecule has 0 bridgehead atoms. The number of thiophene rings is 1. The first-order valence-corrected chi connectivity index (χ1v) is 5.47. The number of Topliss-reactive ketones (excluding diaryl/α,β-unsaturated/α-hetero) is 1. The van der Waals surface area contributed by atoms with E-state index in [4.69, 9.17) is 11.6 Å². The van der Waals surface area contributed by atoms with Crippen LogP contribution in [0.4, 0.5) is 5.69 Å². The molecule has 1 N–H and O–H groups in total. The van der Waals surface area contributed by atoms with Crippen molar-refractivity contribution in [1.29, 1.82) is 0 Å². The molecule has 0 aromatic carbocycles. The molecular formula is C9H8ClNO2S. The maximum absolute atomic E-state index is 11.5. The summed E-state index contributed by atoms with van der Waals surface area (Å²) in [4.78, 5) is 23.2. The summed E-state index contributed by atoms with van der Waals surface area (Å²) in [5, 5.41) is 2.70. The summed E-state index contributed by atoms with van der Waals surface area (Å²) in [7, 11) is 0. The first kappa shape index (κ1) is 9.68. The van der Waals surface area contributed by atoms with Crippen LogP contribution in [0.2, 0.25) is 4.34 Å². The van der Waals surface area contributed by atoms with Gasteiger partial charge >= 0.3 is 0 Å². The molecule has 74 valence electrons. The highest BCUT2D eigenvalue weighted by Gasteiger charge is 2.28. The topological polar surface area (TPSA) is 46.2 Å². The van der Waals surface area contributed by atoms with E-state index < -0.39 is 0 Å². The maximum Gasteiger partial charge on any atom is 0.232 e. The molecule has 14 heavy (non-hydrogen) atoms. The lowest BCUT2D eigenvalue weighted by atomic mass is 10.1. The average Bonchev–Trinajstić information content (AvgIpc) is 2.41. The molecule has 0 radical (unpaired) electrons. The van der Waals surface area contributed by atoms with Crippen LogP contribution in [0.15, 0.2) is 0 Å². The lowest BCUT2D eigenvalue weighted by molar-refractivity contribution is -0.115. The van der Waals surface area contributed by atoms with Crippen LogP contribution < -0.4 is 5.32 Å². The molecule has 0 saturated carbocycles. The molecule has 5 heteroatoms. The normalized spacial score (nSPS) is 15.3. The van der Waals surface area contributed by atoms with Crippen molar-refractivity contribution in [2.45, 2.75) is 19.8 Å². The van der Waals surface area contributed by atoms with Gasteiger partial charge in [-0.05, 0) is 6.42 Å². The molecule has 1 aromatic rings. The fourth-order valence-electron chi connectivity index (χ4n) is 1.49. The van der Waals surface area contributed by atoms with E-state index in [2.05, 4.69) is 5.32 Å². The SMILES string of the molecule is CCc1c(Cl)sc2c1NC(=O)CC2=O. The quantitative estimate of drug-likeness (QED) is 0.752. The third kappa shape index (κ3) is 1.35. The molecule has 1 aliphatic heterocycles. The van der Waals surface area contributed by atoms with E-state index in [1.165, 1.54) is 11.3 Å². The van der Waals surface area contributed by atoms with E-state index in [1.807, 2.05) is 6.92 Å². The molecule has 0 fully saturated rings. The van der Waals surface area contributed by atoms with Gasteiger partial charge in [-0.25, -0.2) is 0 Å². The fraction of sp³-hybridized carbons (Fsp3) is 0.333. The lowest BCUT2D eigenvalue weighted by Gasteiger charge is -2.12. The van der Waals surface area contributed by atoms with Crippen LogP contribution in [0.25, 0.3) is 0 Å². The first-order valence-electron chi connectivity index (χ1n) is 4.27. The summed E-state index contributed by atoms with van der Waals surface area (Å²) in [6.45, 7) is 1.94. The number of amides is 1. The minimum atomic E-state index is -0.244. The number of hydrogen-bond acceptors (Lipinski definition) is 3. The largest absolute Gasteiger partial charge is 0.324 e. The van der Waals surface area contributed by atoms with Crippen LogP contribution in [0.5, 0.6) is 0 Å². The van der Waals surface area contributed by atoms with Crippen LogP contribution >= 0.6 is 22.9 Å². The number of nitrogens with one attached hydrogen (secondary N) is 1. The van der Waals surface area contributed by atoms with Crippen molar-refractivity contribution in [3.8, 4) is 0 Å². The molecule has 2 heterocycles. The molecule has 1 aliphatic rings. The van der Waals surface area contributed by atoms with Gasteiger partial charge < -0.3 is 5.32 Å². The van der Waals surface area contributed by atoms with E-state index in [1.54, 1.807) is 0 Å². The van der Waals surface area contributed by atoms with Crippen LogP contribution in [-0.4, -0.2) is 11.7 Å². The van der Waals surface area contributed by atoms with Gasteiger partial charge in [0.25, 0.3) is 0 Å².